The van der Waals surface area contributed by atoms with Gasteiger partial charge in [0.1, 0.15) is 23.0 Å². The van der Waals surface area contributed by atoms with Gasteiger partial charge in [0.2, 0.25) is 17.6 Å². The third kappa shape index (κ3) is 5.62. The van der Waals surface area contributed by atoms with E-state index in [1.54, 1.807) is 6.07 Å². The molecule has 2 fully saturated rings. The SMILES string of the molecule is C=CC(=O)Nc1cc(Nc2ncc3cc(C(=O)c4ccc(F)cc4F)c(=O)n(C)c3n2)c(OC)cc1N1C[C@H]2CN(C)C[C@H]2C1. The van der Waals surface area contributed by atoms with Gasteiger partial charge in [0.25, 0.3) is 5.56 Å². The summed E-state index contributed by atoms with van der Waals surface area (Å²) in [5.74, 6) is -1.49. The molecule has 0 saturated carbocycles. The number of halogens is 2. The Morgan fingerprint density at radius 3 is 2.42 bits per heavy atom. The minimum Gasteiger partial charge on any atom is -0.494 e. The molecule has 4 aromatic rings. The van der Waals surface area contributed by atoms with Gasteiger partial charge in [0, 0.05) is 56.9 Å². The van der Waals surface area contributed by atoms with E-state index < -0.39 is 28.5 Å². The highest BCUT2D eigenvalue weighted by atomic mass is 19.1. The smallest absolute Gasteiger partial charge is 0.263 e. The zero-order valence-electron chi connectivity index (χ0n) is 24.9. The predicted octanol–water partition coefficient (Wildman–Crippen LogP) is 3.71. The van der Waals surface area contributed by atoms with Gasteiger partial charge in [0.15, 0.2) is 0 Å². The van der Waals surface area contributed by atoms with Crippen molar-refractivity contribution in [3.63, 3.8) is 0 Å². The second kappa shape index (κ2) is 11.7. The van der Waals surface area contributed by atoms with Gasteiger partial charge in [-0.05, 0) is 49.2 Å². The molecule has 13 heteroatoms. The lowest BCUT2D eigenvalue weighted by molar-refractivity contribution is -0.111. The fourth-order valence-electron chi connectivity index (χ4n) is 6.21. The first-order chi connectivity index (χ1) is 21.6. The number of carbonyl (C=O) groups is 2. The molecule has 2 N–H and O–H groups in total. The highest BCUT2D eigenvalue weighted by Gasteiger charge is 2.39. The fraction of sp³-hybridized carbons (Fsp3) is 0.281. The topological polar surface area (TPSA) is 122 Å². The number of nitrogens with one attached hydrogen (secondary N) is 2. The number of amides is 1. The molecule has 45 heavy (non-hydrogen) atoms. The number of methoxy groups -OCH3 is 1. The summed E-state index contributed by atoms with van der Waals surface area (Å²) in [6.45, 7) is 7.31. The van der Waals surface area contributed by atoms with E-state index in [-0.39, 0.29) is 23.1 Å². The molecule has 6 rings (SSSR count). The standard InChI is InChI=1S/C32H31F2N7O4/c1-5-28(42)36-24-10-25(27(45-4)11-26(24)41-15-18-13-39(2)14-19(18)16-41)37-32-35-12-17-8-22(31(44)40(3)30(17)38-32)29(43)21-7-6-20(33)9-23(21)34/h5-12,18-19H,1,13-16H2,2-4H3,(H,36,42)(H,35,37,38)/t18-,19+. The molecule has 11 nitrogen and oxygen atoms in total. The van der Waals surface area contributed by atoms with Crippen molar-refractivity contribution in [2.24, 2.45) is 18.9 Å². The van der Waals surface area contributed by atoms with Crippen LogP contribution in [0, 0.1) is 23.5 Å². The lowest BCUT2D eigenvalue weighted by Crippen LogP contribution is -2.27. The molecule has 0 radical (unpaired) electrons. The highest BCUT2D eigenvalue weighted by molar-refractivity contribution is 6.10. The Morgan fingerprint density at radius 2 is 1.76 bits per heavy atom. The quantitative estimate of drug-likeness (QED) is 0.226. The number of rotatable bonds is 8. The van der Waals surface area contributed by atoms with Crippen molar-refractivity contribution >= 4 is 45.7 Å². The Kier molecular flexibility index (Phi) is 7.79. The van der Waals surface area contributed by atoms with Crippen molar-refractivity contribution in [2.75, 3.05) is 55.9 Å². The zero-order valence-corrected chi connectivity index (χ0v) is 24.9. The van der Waals surface area contributed by atoms with Crippen molar-refractivity contribution in [3.05, 3.63) is 88.4 Å². The van der Waals surface area contributed by atoms with Gasteiger partial charge in [-0.15, -0.1) is 0 Å². The molecule has 0 unspecified atom stereocenters. The summed E-state index contributed by atoms with van der Waals surface area (Å²) < 4.78 is 34.6. The number of hydrogen-bond donors (Lipinski definition) is 2. The molecule has 2 aromatic heterocycles. The van der Waals surface area contributed by atoms with E-state index in [4.69, 9.17) is 4.74 Å². The average Bonchev–Trinajstić information content (AvgIpc) is 3.56. The van der Waals surface area contributed by atoms with Gasteiger partial charge in [-0.3, -0.25) is 19.0 Å². The van der Waals surface area contributed by atoms with Crippen LogP contribution < -0.4 is 25.8 Å². The minimum absolute atomic E-state index is 0.118. The van der Waals surface area contributed by atoms with Crippen LogP contribution in [0.4, 0.5) is 31.8 Å². The average molecular weight is 616 g/mol. The molecule has 4 heterocycles. The number of anilines is 4. The Labute approximate surface area is 257 Å². The Morgan fingerprint density at radius 1 is 1.02 bits per heavy atom. The Hall–Kier alpha value is -5.17. The number of ether oxygens (including phenoxy) is 1. The van der Waals surface area contributed by atoms with Crippen LogP contribution in [0.15, 0.2) is 60.0 Å². The summed E-state index contributed by atoms with van der Waals surface area (Å²) in [6.07, 6.45) is 2.62. The van der Waals surface area contributed by atoms with Gasteiger partial charge in [-0.25, -0.2) is 13.8 Å². The highest BCUT2D eigenvalue weighted by Crippen LogP contribution is 2.42. The summed E-state index contributed by atoms with van der Waals surface area (Å²) in [5.41, 5.74) is 0.602. The van der Waals surface area contributed by atoms with Gasteiger partial charge in [0.05, 0.1) is 35.3 Å². The summed E-state index contributed by atoms with van der Waals surface area (Å²) >= 11 is 0. The van der Waals surface area contributed by atoms with Gasteiger partial charge < -0.3 is 25.2 Å². The summed E-state index contributed by atoms with van der Waals surface area (Å²) in [6, 6.07) is 7.42. The normalized spacial score (nSPS) is 17.8. The number of aryl methyl sites for hydroxylation is 1. The van der Waals surface area contributed by atoms with Crippen LogP contribution in [0.1, 0.15) is 15.9 Å². The molecule has 2 aromatic carbocycles. The van der Waals surface area contributed by atoms with Crippen LogP contribution in [0.2, 0.25) is 0 Å². The van der Waals surface area contributed by atoms with Gasteiger partial charge in [-0.2, -0.15) is 4.98 Å². The van der Waals surface area contributed by atoms with Crippen molar-refractivity contribution in [1.29, 1.82) is 0 Å². The summed E-state index contributed by atoms with van der Waals surface area (Å²) in [7, 11) is 5.09. The summed E-state index contributed by atoms with van der Waals surface area (Å²) in [5, 5.41) is 6.37. The van der Waals surface area contributed by atoms with Crippen LogP contribution in [-0.4, -0.2) is 71.5 Å². The number of pyridine rings is 1. The summed E-state index contributed by atoms with van der Waals surface area (Å²) in [4.78, 5) is 52.0. The van der Waals surface area contributed by atoms with E-state index in [0.717, 1.165) is 48.6 Å². The number of hydrogen-bond acceptors (Lipinski definition) is 9. The number of likely N-dealkylation sites (tertiary alicyclic amines) is 1. The van der Waals surface area contributed by atoms with Crippen molar-refractivity contribution < 1.29 is 23.1 Å². The minimum atomic E-state index is -1.07. The molecule has 1 amide bonds. The third-order valence-corrected chi connectivity index (χ3v) is 8.39. The molecular formula is C32H31F2N7O4. The van der Waals surface area contributed by atoms with E-state index in [0.29, 0.717) is 40.4 Å². The lowest BCUT2D eigenvalue weighted by atomic mass is 10.0. The number of nitrogens with zero attached hydrogens (tertiary/aromatic N) is 5. The van der Waals surface area contributed by atoms with Crippen molar-refractivity contribution in [2.45, 2.75) is 0 Å². The van der Waals surface area contributed by atoms with E-state index >= 15 is 0 Å². The zero-order chi connectivity index (χ0) is 32.0. The molecular weight excluding hydrogens is 584 g/mol. The third-order valence-electron chi connectivity index (χ3n) is 8.39. The van der Waals surface area contributed by atoms with Crippen LogP contribution in [0.5, 0.6) is 5.75 Å². The molecule has 0 aliphatic carbocycles. The number of benzene rings is 2. The molecule has 232 valence electrons. The van der Waals surface area contributed by atoms with E-state index in [2.05, 4.69) is 44.0 Å². The molecule has 2 saturated heterocycles. The van der Waals surface area contributed by atoms with Gasteiger partial charge >= 0.3 is 0 Å². The maximum Gasteiger partial charge on any atom is 0.263 e. The molecule has 2 aliphatic heterocycles. The van der Waals surface area contributed by atoms with Crippen LogP contribution in [0.25, 0.3) is 11.0 Å². The van der Waals surface area contributed by atoms with Gasteiger partial charge in [-0.1, -0.05) is 6.58 Å². The molecule has 2 aliphatic rings. The van der Waals surface area contributed by atoms with Crippen molar-refractivity contribution in [3.8, 4) is 5.75 Å². The van der Waals surface area contributed by atoms with Crippen molar-refractivity contribution in [1.82, 2.24) is 19.4 Å². The molecule has 0 bridgehead atoms. The van der Waals surface area contributed by atoms with E-state index in [9.17, 15) is 23.2 Å². The van der Waals surface area contributed by atoms with Crippen LogP contribution in [-0.2, 0) is 11.8 Å². The largest absolute Gasteiger partial charge is 0.494 e. The lowest BCUT2D eigenvalue weighted by Gasteiger charge is -2.26. The number of carbonyl (C=O) groups excluding carboxylic acids is 2. The Balaban J connectivity index is 1.34. The first-order valence-electron chi connectivity index (χ1n) is 14.3. The van der Waals surface area contributed by atoms with Crippen LogP contribution >= 0.6 is 0 Å². The maximum absolute atomic E-state index is 14.3. The number of fused-ring (bicyclic) bond motifs is 2. The maximum atomic E-state index is 14.3. The van der Waals surface area contributed by atoms with E-state index in [1.165, 1.54) is 32.5 Å². The van der Waals surface area contributed by atoms with Crippen LogP contribution in [0.3, 0.4) is 0 Å². The first-order valence-corrected chi connectivity index (χ1v) is 14.3. The Bertz CT molecular complexity index is 1910. The number of aromatic nitrogens is 3. The molecule has 0 spiro atoms. The van der Waals surface area contributed by atoms with E-state index in [1.807, 2.05) is 6.07 Å². The molecule has 2 atom stereocenters. The second-order valence-electron chi connectivity index (χ2n) is 11.4. The monoisotopic (exact) mass is 615 g/mol. The second-order valence-corrected chi connectivity index (χ2v) is 11.4. The first kappa shape index (κ1) is 29.9. The fourth-order valence-corrected chi connectivity index (χ4v) is 6.21. The number of ketones is 1. The predicted molar refractivity (Wildman–Crippen MR) is 166 cm³/mol.